The molecule has 4 heterocycles. The highest BCUT2D eigenvalue weighted by molar-refractivity contribution is 7.13. The summed E-state index contributed by atoms with van der Waals surface area (Å²) in [4.78, 5) is 69.2. The molecule has 0 bridgehead atoms. The summed E-state index contributed by atoms with van der Waals surface area (Å²) >= 11 is 1.67. The Bertz CT molecular complexity index is 2570. The first-order chi connectivity index (χ1) is 29.9. The molecule has 0 spiro atoms. The largest absolute Gasteiger partial charge is 0.399 e. The van der Waals surface area contributed by atoms with E-state index in [1.165, 1.54) is 4.57 Å². The molecule has 0 aliphatic carbocycles. The summed E-state index contributed by atoms with van der Waals surface area (Å²) in [6.45, 7) is 7.17. The van der Waals surface area contributed by atoms with Crippen LogP contribution in [0.5, 0.6) is 0 Å². The number of anilines is 1. The third-order valence-corrected chi connectivity index (χ3v) is 13.3. The zero-order valence-corrected chi connectivity index (χ0v) is 37.0. The molecule has 2 unspecified atom stereocenters. The summed E-state index contributed by atoms with van der Waals surface area (Å²) < 4.78 is 3.09. The van der Waals surface area contributed by atoms with Crippen molar-refractivity contribution in [3.63, 3.8) is 0 Å². The molecular weight excluding hydrogens is 799 g/mol. The summed E-state index contributed by atoms with van der Waals surface area (Å²) in [5.74, 6) is 6.40. The maximum absolute atomic E-state index is 13.2. The zero-order chi connectivity index (χ0) is 43.9. The fraction of sp³-hybridized carbons (Fsp3) is 0.408. The number of nitrogen functional groups attached to an aromatic ring is 1. The number of benzene rings is 3. The molecule has 2 saturated heterocycles. The number of carbonyl (C=O) groups is 4. The van der Waals surface area contributed by atoms with E-state index in [1.54, 1.807) is 35.1 Å². The minimum absolute atomic E-state index is 0.151. The number of rotatable bonds is 14. The van der Waals surface area contributed by atoms with E-state index in [9.17, 15) is 24.0 Å². The molecule has 4 N–H and O–H groups in total. The Kier molecular flexibility index (Phi) is 14.1. The number of carbonyl (C=O) groups excluding carboxylic acids is 4. The van der Waals surface area contributed by atoms with Gasteiger partial charge in [-0.25, -0.2) is 4.79 Å². The average molecular weight is 856 g/mol. The lowest BCUT2D eigenvalue weighted by Gasteiger charge is -2.32. The van der Waals surface area contributed by atoms with E-state index in [4.69, 9.17) is 5.73 Å². The molecule has 0 saturated carbocycles. The lowest BCUT2D eigenvalue weighted by atomic mass is 9.89. The van der Waals surface area contributed by atoms with Crippen molar-refractivity contribution in [3.8, 4) is 22.3 Å². The van der Waals surface area contributed by atoms with Gasteiger partial charge in [-0.2, -0.15) is 0 Å². The van der Waals surface area contributed by atoms with Gasteiger partial charge in [-0.05, 0) is 143 Å². The van der Waals surface area contributed by atoms with Gasteiger partial charge in [0.15, 0.2) is 0 Å². The Morgan fingerprint density at radius 3 is 2.52 bits per heavy atom. The van der Waals surface area contributed by atoms with Gasteiger partial charge in [0, 0.05) is 66.7 Å². The number of aromatic nitrogens is 2. The predicted octanol–water partition coefficient (Wildman–Crippen LogP) is 7.07. The molecule has 4 amide bonds. The summed E-state index contributed by atoms with van der Waals surface area (Å²) in [5, 5.41) is 7.56. The number of nitrogens with one attached hydrogen (secondary N) is 2. The van der Waals surface area contributed by atoms with Gasteiger partial charge in [-0.15, -0.1) is 11.3 Å². The van der Waals surface area contributed by atoms with Gasteiger partial charge < -0.3 is 20.9 Å². The Balaban J connectivity index is 0.829. The lowest BCUT2D eigenvalue weighted by Crippen LogP contribution is -2.44. The van der Waals surface area contributed by atoms with Crippen molar-refractivity contribution in [3.05, 3.63) is 110 Å². The van der Waals surface area contributed by atoms with Gasteiger partial charge in [-0.1, -0.05) is 36.1 Å². The highest BCUT2D eigenvalue weighted by Gasteiger charge is 2.32. The normalized spacial score (nSPS) is 16.3. The number of amides is 4. The highest BCUT2D eigenvalue weighted by Crippen LogP contribution is 2.33. The number of hydrogen-bond acceptors (Lipinski definition) is 8. The minimum Gasteiger partial charge on any atom is -0.399 e. The third-order valence-electron chi connectivity index (χ3n) is 12.4. The molecular formula is C49H57N7O5S. The molecule has 0 radical (unpaired) electrons. The van der Waals surface area contributed by atoms with E-state index in [-0.39, 0.29) is 41.8 Å². The van der Waals surface area contributed by atoms with Crippen LogP contribution in [0.25, 0.3) is 21.5 Å². The number of thiophene rings is 1. The van der Waals surface area contributed by atoms with Crippen molar-refractivity contribution in [1.82, 2.24) is 29.6 Å². The van der Waals surface area contributed by atoms with E-state index >= 15 is 0 Å². The second kappa shape index (κ2) is 19.8. The van der Waals surface area contributed by atoms with Crippen LogP contribution in [-0.4, -0.2) is 75.8 Å². The Hall–Kier alpha value is -5.97. The molecule has 2 aromatic heterocycles. The first-order valence-electron chi connectivity index (χ1n) is 21.7. The van der Waals surface area contributed by atoms with Crippen molar-refractivity contribution >= 4 is 51.7 Å². The fourth-order valence-electron chi connectivity index (χ4n) is 8.67. The number of hydrogen-bond donors (Lipinski definition) is 3. The molecule has 2 atom stereocenters. The molecule has 2 aliphatic heterocycles. The van der Waals surface area contributed by atoms with Crippen LogP contribution in [-0.2, 0) is 21.4 Å². The summed E-state index contributed by atoms with van der Waals surface area (Å²) in [5.41, 5.74) is 13.3. The van der Waals surface area contributed by atoms with Gasteiger partial charge >= 0.3 is 5.69 Å². The number of imidazole rings is 1. The molecule has 12 nitrogen and oxygen atoms in total. The number of imide groups is 1. The molecule has 7 rings (SSSR count). The monoisotopic (exact) mass is 855 g/mol. The van der Waals surface area contributed by atoms with Crippen molar-refractivity contribution in [2.45, 2.75) is 89.6 Å². The van der Waals surface area contributed by atoms with Crippen LogP contribution in [0, 0.1) is 18.8 Å². The predicted molar refractivity (Wildman–Crippen MR) is 246 cm³/mol. The number of piperidine rings is 2. The van der Waals surface area contributed by atoms with Crippen molar-refractivity contribution in [2.24, 2.45) is 7.05 Å². The van der Waals surface area contributed by atoms with Gasteiger partial charge in [0.1, 0.15) is 6.04 Å². The first kappa shape index (κ1) is 44.1. The van der Waals surface area contributed by atoms with Crippen LogP contribution in [0.1, 0.15) is 115 Å². The summed E-state index contributed by atoms with van der Waals surface area (Å²) in [7, 11) is 3.84. The number of unbranched alkanes of at least 4 members (excludes halogenated alkanes) is 2. The Labute approximate surface area is 367 Å². The smallest absolute Gasteiger partial charge is 0.329 e. The SMILES string of the molecule is Cc1ccc(N)cc1C(=O)NC(C)c1ccc(C#CCCCN(C)CCCCC(=O)N2CCC(c3ccc4c(c3)n(C)c(=O)n4C3CCC(=O)NC3=O)CC2)c(-c2cccs2)c1. The maximum Gasteiger partial charge on any atom is 0.329 e. The second-order valence-electron chi connectivity index (χ2n) is 16.8. The van der Waals surface area contributed by atoms with Crippen LogP contribution in [0.15, 0.2) is 76.9 Å². The highest BCUT2D eigenvalue weighted by atomic mass is 32.1. The van der Waals surface area contributed by atoms with E-state index < -0.39 is 11.9 Å². The van der Waals surface area contributed by atoms with Crippen LogP contribution in [0.2, 0.25) is 0 Å². The number of nitrogens with two attached hydrogens (primary N) is 1. The van der Waals surface area contributed by atoms with Gasteiger partial charge in [0.05, 0.1) is 17.1 Å². The molecule has 2 fully saturated rings. The lowest BCUT2D eigenvalue weighted by molar-refractivity contribution is -0.136. The minimum atomic E-state index is -0.705. The molecule has 324 valence electrons. The van der Waals surface area contributed by atoms with Crippen molar-refractivity contribution in [2.75, 3.05) is 39.0 Å². The van der Waals surface area contributed by atoms with E-state index in [0.717, 1.165) is 89.8 Å². The second-order valence-corrected chi connectivity index (χ2v) is 17.7. The molecule has 62 heavy (non-hydrogen) atoms. The third kappa shape index (κ3) is 10.2. The summed E-state index contributed by atoms with van der Waals surface area (Å²) in [6, 6.07) is 20.8. The topological polar surface area (TPSA) is 152 Å². The number of nitrogens with zero attached hydrogens (tertiary/aromatic N) is 4. The quantitative estimate of drug-likeness (QED) is 0.0468. The Morgan fingerprint density at radius 1 is 0.968 bits per heavy atom. The average Bonchev–Trinajstić information content (AvgIpc) is 3.89. The fourth-order valence-corrected chi connectivity index (χ4v) is 9.42. The summed E-state index contributed by atoms with van der Waals surface area (Å²) in [6.07, 6.45) is 6.30. The van der Waals surface area contributed by atoms with Crippen LogP contribution in [0.3, 0.4) is 0 Å². The molecule has 2 aliphatic rings. The number of fused-ring (bicyclic) bond motifs is 1. The van der Waals surface area contributed by atoms with Gasteiger partial charge in [0.25, 0.3) is 5.91 Å². The van der Waals surface area contributed by atoms with E-state index in [1.807, 2.05) is 55.1 Å². The number of likely N-dealkylation sites (tertiary alicyclic amines) is 1. The van der Waals surface area contributed by atoms with Crippen molar-refractivity contribution in [1.29, 1.82) is 0 Å². The zero-order valence-electron chi connectivity index (χ0n) is 36.2. The number of aryl methyl sites for hydroxylation is 2. The molecule has 3 aromatic carbocycles. The standard InChI is InChI=1S/C49H57N7O5S/c1-32-14-18-38(50)31-39(32)47(59)51-33(2)36-16-15-35(40(29-36)44-12-10-28-62-44)11-6-5-8-24-53(3)25-9-7-13-46(58)55-26-22-34(23-27-55)37-17-19-41-43(30-37)54(4)49(61)56(41)42-20-21-45(57)52-48(42)60/h10,12,14-19,28-31,33-34,42H,5,7-9,13,20-27,50H2,1-4H3,(H,51,59)(H,52,57,60). The maximum atomic E-state index is 13.2. The first-order valence-corrected chi connectivity index (χ1v) is 22.6. The van der Waals surface area contributed by atoms with Crippen LogP contribution < -0.4 is 22.1 Å². The van der Waals surface area contributed by atoms with E-state index in [0.29, 0.717) is 42.7 Å². The molecule has 13 heteroatoms. The van der Waals surface area contributed by atoms with Gasteiger partial charge in [0.2, 0.25) is 17.7 Å². The van der Waals surface area contributed by atoms with Gasteiger partial charge in [-0.3, -0.25) is 33.6 Å². The van der Waals surface area contributed by atoms with E-state index in [2.05, 4.69) is 58.0 Å². The van der Waals surface area contributed by atoms with Crippen LogP contribution in [0.4, 0.5) is 5.69 Å². The Morgan fingerprint density at radius 2 is 1.76 bits per heavy atom. The van der Waals surface area contributed by atoms with Crippen molar-refractivity contribution < 1.29 is 19.2 Å². The van der Waals surface area contributed by atoms with Crippen LogP contribution >= 0.6 is 11.3 Å². The molecule has 5 aromatic rings.